The number of ether oxygens (including phenoxy) is 2. The molecule has 23 heavy (non-hydrogen) atoms. The lowest BCUT2D eigenvalue weighted by atomic mass is 9.91. The van der Waals surface area contributed by atoms with Crippen LogP contribution in [0.1, 0.15) is 73.1 Å². The van der Waals surface area contributed by atoms with Gasteiger partial charge in [-0.1, -0.05) is 50.3 Å². The highest BCUT2D eigenvalue weighted by Gasteiger charge is 2.30. The number of allylic oxidation sites excluding steroid dienone is 1. The third-order valence-corrected chi connectivity index (χ3v) is 3.41. The van der Waals surface area contributed by atoms with Crippen LogP contribution in [-0.2, 0) is 14.3 Å². The minimum absolute atomic E-state index is 0.358. The van der Waals surface area contributed by atoms with E-state index in [1.165, 1.54) is 25.3 Å². The van der Waals surface area contributed by atoms with E-state index in [0.29, 0.717) is 18.8 Å². The first-order valence-electron chi connectivity index (χ1n) is 8.42. The number of unbranched alkanes of at least 4 members (excludes halogenated alkanes) is 3. The van der Waals surface area contributed by atoms with Crippen molar-refractivity contribution in [3.05, 3.63) is 24.0 Å². The lowest BCUT2D eigenvalue weighted by Crippen LogP contribution is -2.32. The van der Waals surface area contributed by atoms with E-state index in [2.05, 4.69) is 25.3 Å². The van der Waals surface area contributed by atoms with Crippen molar-refractivity contribution >= 4 is 5.97 Å². The summed E-state index contributed by atoms with van der Waals surface area (Å²) in [4.78, 5) is 11.1. The largest absolute Gasteiger partial charge is 0.432 e. The van der Waals surface area contributed by atoms with Crippen LogP contribution in [-0.4, -0.2) is 18.2 Å². The van der Waals surface area contributed by atoms with Crippen LogP contribution in [0.15, 0.2) is 24.0 Å². The van der Waals surface area contributed by atoms with E-state index in [4.69, 9.17) is 9.47 Å². The predicted octanol–water partition coefficient (Wildman–Crippen LogP) is 5.17. The van der Waals surface area contributed by atoms with Crippen LogP contribution < -0.4 is 0 Å². The molecule has 1 atom stereocenters. The maximum atomic E-state index is 11.1. The van der Waals surface area contributed by atoms with Crippen molar-refractivity contribution in [3.63, 3.8) is 0 Å². The van der Waals surface area contributed by atoms with Gasteiger partial charge in [-0.15, -0.1) is 5.92 Å². The van der Waals surface area contributed by atoms with Crippen LogP contribution in [0.4, 0.5) is 0 Å². The standard InChI is InChI=1S/C20H32O3/c1-7-9-10-11-14-20(13-8-2,22-15-12-17(3)4)16-18(5)23-19(6)21/h12H,5,7,9-11,14-16H2,1-4,6H3. The van der Waals surface area contributed by atoms with E-state index < -0.39 is 5.60 Å². The van der Waals surface area contributed by atoms with E-state index >= 15 is 0 Å². The lowest BCUT2D eigenvalue weighted by molar-refractivity contribution is -0.137. The van der Waals surface area contributed by atoms with Gasteiger partial charge in [-0.05, 0) is 33.6 Å². The Balaban J connectivity index is 5.04. The average molecular weight is 320 g/mol. The molecule has 0 aliphatic heterocycles. The molecule has 0 radical (unpaired) electrons. The smallest absolute Gasteiger partial charge is 0.307 e. The number of hydrogen-bond acceptors (Lipinski definition) is 3. The molecule has 0 saturated carbocycles. The molecule has 1 unspecified atom stereocenters. The molecular weight excluding hydrogens is 288 g/mol. The van der Waals surface area contributed by atoms with Crippen molar-refractivity contribution in [1.29, 1.82) is 0 Å². The van der Waals surface area contributed by atoms with Gasteiger partial charge in [0.2, 0.25) is 0 Å². The maximum absolute atomic E-state index is 11.1. The van der Waals surface area contributed by atoms with E-state index in [-0.39, 0.29) is 5.97 Å². The second kappa shape index (κ2) is 12.0. The molecule has 0 aliphatic carbocycles. The molecule has 0 heterocycles. The monoisotopic (exact) mass is 320 g/mol. The van der Waals surface area contributed by atoms with Gasteiger partial charge in [0.25, 0.3) is 0 Å². The fourth-order valence-corrected chi connectivity index (χ4v) is 2.35. The van der Waals surface area contributed by atoms with Crippen LogP contribution in [0.25, 0.3) is 0 Å². The molecule has 130 valence electrons. The zero-order chi connectivity index (χ0) is 17.7. The molecule has 0 spiro atoms. The van der Waals surface area contributed by atoms with Gasteiger partial charge in [0.15, 0.2) is 0 Å². The van der Waals surface area contributed by atoms with Crippen molar-refractivity contribution in [2.45, 2.75) is 78.7 Å². The number of carbonyl (C=O) groups is 1. The molecule has 0 amide bonds. The Bertz CT molecular complexity index is 461. The summed E-state index contributed by atoms with van der Waals surface area (Å²) in [5.74, 6) is 6.22. The molecule has 0 aromatic heterocycles. The molecule has 0 rings (SSSR count). The summed E-state index contributed by atoms with van der Waals surface area (Å²) >= 11 is 0. The molecule has 0 aromatic rings. The summed E-state index contributed by atoms with van der Waals surface area (Å²) in [7, 11) is 0. The van der Waals surface area contributed by atoms with E-state index in [9.17, 15) is 4.79 Å². The zero-order valence-corrected chi connectivity index (χ0v) is 15.5. The predicted molar refractivity (Wildman–Crippen MR) is 95.8 cm³/mol. The number of rotatable bonds is 11. The molecule has 0 fully saturated rings. The van der Waals surface area contributed by atoms with Crippen LogP contribution >= 0.6 is 0 Å². The zero-order valence-electron chi connectivity index (χ0n) is 15.5. The Morgan fingerprint density at radius 3 is 2.43 bits per heavy atom. The van der Waals surface area contributed by atoms with Gasteiger partial charge in [-0.2, -0.15) is 0 Å². The van der Waals surface area contributed by atoms with Crippen LogP contribution in [0, 0.1) is 11.8 Å². The molecule has 0 aromatic carbocycles. The topological polar surface area (TPSA) is 35.5 Å². The Hall–Kier alpha value is -1.53. The second-order valence-electron chi connectivity index (χ2n) is 6.08. The van der Waals surface area contributed by atoms with Gasteiger partial charge in [0.05, 0.1) is 6.61 Å². The first-order chi connectivity index (χ1) is 10.8. The summed E-state index contributed by atoms with van der Waals surface area (Å²) in [5, 5.41) is 0. The highest BCUT2D eigenvalue weighted by Crippen LogP contribution is 2.28. The summed E-state index contributed by atoms with van der Waals surface area (Å²) < 4.78 is 11.2. The van der Waals surface area contributed by atoms with Gasteiger partial charge in [-0.3, -0.25) is 4.79 Å². The molecule has 0 aliphatic rings. The number of carbonyl (C=O) groups excluding carboxylic acids is 1. The third kappa shape index (κ3) is 10.8. The third-order valence-electron chi connectivity index (χ3n) is 3.41. The Labute approximate surface area is 142 Å². The van der Waals surface area contributed by atoms with Gasteiger partial charge < -0.3 is 9.47 Å². The summed E-state index contributed by atoms with van der Waals surface area (Å²) in [6.07, 6.45) is 7.83. The summed E-state index contributed by atoms with van der Waals surface area (Å²) in [6.45, 7) is 13.8. The molecular formula is C20H32O3. The van der Waals surface area contributed by atoms with Gasteiger partial charge >= 0.3 is 5.97 Å². The van der Waals surface area contributed by atoms with Gasteiger partial charge in [-0.25, -0.2) is 0 Å². The van der Waals surface area contributed by atoms with Crippen molar-refractivity contribution in [2.24, 2.45) is 0 Å². The maximum Gasteiger partial charge on any atom is 0.307 e. The quantitative estimate of drug-likeness (QED) is 0.173. The van der Waals surface area contributed by atoms with E-state index in [1.807, 2.05) is 19.9 Å². The first-order valence-corrected chi connectivity index (χ1v) is 8.42. The van der Waals surface area contributed by atoms with Gasteiger partial charge in [0.1, 0.15) is 11.4 Å². The molecule has 0 bridgehead atoms. The molecule has 0 saturated heterocycles. The summed E-state index contributed by atoms with van der Waals surface area (Å²) in [6, 6.07) is 0. The summed E-state index contributed by atoms with van der Waals surface area (Å²) in [5.41, 5.74) is 0.564. The first kappa shape index (κ1) is 21.5. The SMILES string of the molecule is C=C(CC(C#CC)(CCCCCC)OCC=C(C)C)OC(C)=O. The fraction of sp³-hybridized carbons (Fsp3) is 0.650. The minimum Gasteiger partial charge on any atom is -0.432 e. The lowest BCUT2D eigenvalue weighted by Gasteiger charge is -2.29. The van der Waals surface area contributed by atoms with Crippen molar-refractivity contribution in [1.82, 2.24) is 0 Å². The van der Waals surface area contributed by atoms with Crippen LogP contribution in [0.2, 0.25) is 0 Å². The molecule has 3 heteroatoms. The van der Waals surface area contributed by atoms with E-state index in [0.717, 1.165) is 19.3 Å². The molecule has 0 N–H and O–H groups in total. The Morgan fingerprint density at radius 1 is 1.22 bits per heavy atom. The van der Waals surface area contributed by atoms with Crippen molar-refractivity contribution in [3.8, 4) is 11.8 Å². The Kier molecular flexibility index (Phi) is 11.2. The van der Waals surface area contributed by atoms with Crippen molar-refractivity contribution < 1.29 is 14.3 Å². The highest BCUT2D eigenvalue weighted by molar-refractivity contribution is 5.67. The number of esters is 1. The minimum atomic E-state index is -0.638. The normalized spacial score (nSPS) is 12.6. The van der Waals surface area contributed by atoms with Gasteiger partial charge in [0, 0.05) is 13.3 Å². The van der Waals surface area contributed by atoms with E-state index in [1.54, 1.807) is 6.92 Å². The van der Waals surface area contributed by atoms with Crippen LogP contribution in [0.5, 0.6) is 0 Å². The second-order valence-corrected chi connectivity index (χ2v) is 6.08. The fourth-order valence-electron chi connectivity index (χ4n) is 2.35. The van der Waals surface area contributed by atoms with Crippen LogP contribution in [0.3, 0.4) is 0 Å². The number of hydrogen-bond donors (Lipinski definition) is 0. The Morgan fingerprint density at radius 2 is 1.91 bits per heavy atom. The molecule has 3 nitrogen and oxygen atoms in total. The van der Waals surface area contributed by atoms with Crippen molar-refractivity contribution in [2.75, 3.05) is 6.61 Å². The highest BCUT2D eigenvalue weighted by atomic mass is 16.5. The average Bonchev–Trinajstić information content (AvgIpc) is 2.42.